The lowest BCUT2D eigenvalue weighted by Crippen LogP contribution is -2.23. The molecule has 2 aromatic rings. The van der Waals surface area contributed by atoms with Crippen molar-refractivity contribution in [3.05, 3.63) is 44.9 Å². The smallest absolute Gasteiger partial charge is 0.193 e. The minimum Gasteiger partial charge on any atom is -0.370 e. The van der Waals surface area contributed by atoms with E-state index in [1.54, 1.807) is 11.3 Å². The van der Waals surface area contributed by atoms with E-state index < -0.39 is 0 Å². The molecule has 0 aliphatic carbocycles. The maximum absolute atomic E-state index is 5.93. The maximum Gasteiger partial charge on any atom is 0.193 e. The zero-order valence-electron chi connectivity index (χ0n) is 13.4. The molecule has 3 N–H and O–H groups in total. The van der Waals surface area contributed by atoms with Gasteiger partial charge in [-0.05, 0) is 51.0 Å². The molecule has 0 fully saturated rings. The number of aliphatic imine (C=N–C) groups is 1. The summed E-state index contributed by atoms with van der Waals surface area (Å²) in [5.41, 5.74) is 10.4. The van der Waals surface area contributed by atoms with Crippen LogP contribution < -0.4 is 11.1 Å². The van der Waals surface area contributed by atoms with Crippen molar-refractivity contribution < 1.29 is 0 Å². The largest absolute Gasteiger partial charge is 0.370 e. The summed E-state index contributed by atoms with van der Waals surface area (Å²) in [7, 11) is 0. The van der Waals surface area contributed by atoms with Gasteiger partial charge in [0.05, 0.1) is 10.7 Å². The van der Waals surface area contributed by atoms with Crippen molar-refractivity contribution in [2.24, 2.45) is 10.7 Å². The summed E-state index contributed by atoms with van der Waals surface area (Å²) in [6.45, 7) is 8.91. The molecule has 0 atom stereocenters. The number of halogens is 1. The highest BCUT2D eigenvalue weighted by Crippen LogP contribution is 2.17. The van der Waals surface area contributed by atoms with E-state index in [0.717, 1.165) is 22.8 Å². The van der Waals surface area contributed by atoms with Gasteiger partial charge >= 0.3 is 0 Å². The van der Waals surface area contributed by atoms with E-state index in [4.69, 9.17) is 5.73 Å². The Morgan fingerprint density at radius 1 is 1.18 bits per heavy atom. The number of nitrogens with two attached hydrogens (primary N) is 1. The number of aromatic nitrogens is 1. The predicted molar refractivity (Wildman–Crippen MR) is 107 cm³/mol. The number of nitrogens with one attached hydrogen (secondary N) is 1. The van der Waals surface area contributed by atoms with Crippen LogP contribution in [-0.2, 0) is 6.42 Å². The molecule has 120 valence electrons. The minimum atomic E-state index is 0. The van der Waals surface area contributed by atoms with Gasteiger partial charge in [-0.15, -0.1) is 35.3 Å². The van der Waals surface area contributed by atoms with Gasteiger partial charge in [-0.3, -0.25) is 4.99 Å². The average molecular weight is 430 g/mol. The van der Waals surface area contributed by atoms with Gasteiger partial charge in [0.2, 0.25) is 0 Å². The third kappa shape index (κ3) is 5.57. The molecule has 1 aromatic heterocycles. The maximum atomic E-state index is 5.93. The fourth-order valence-electron chi connectivity index (χ4n) is 2.15. The lowest BCUT2D eigenvalue weighted by Gasteiger charge is -2.07. The van der Waals surface area contributed by atoms with E-state index in [1.165, 1.54) is 16.0 Å². The van der Waals surface area contributed by atoms with Crippen LogP contribution in [0.15, 0.2) is 23.2 Å². The number of thiazole rings is 1. The van der Waals surface area contributed by atoms with E-state index in [0.29, 0.717) is 12.5 Å². The summed E-state index contributed by atoms with van der Waals surface area (Å²) >= 11 is 1.73. The molecule has 0 unspecified atom stereocenters. The second-order valence-corrected chi connectivity index (χ2v) is 6.56. The number of anilines is 1. The number of nitrogens with zero attached hydrogens (tertiary/aromatic N) is 2. The minimum absolute atomic E-state index is 0. The van der Waals surface area contributed by atoms with Crippen molar-refractivity contribution in [1.29, 1.82) is 0 Å². The summed E-state index contributed by atoms with van der Waals surface area (Å²) in [6.07, 6.45) is 0.828. The molecule has 0 aliphatic rings. The van der Waals surface area contributed by atoms with Crippen molar-refractivity contribution in [1.82, 2.24) is 4.98 Å². The van der Waals surface area contributed by atoms with Crippen LogP contribution in [0.4, 0.5) is 5.69 Å². The molecular formula is C16H23IN4S. The summed E-state index contributed by atoms with van der Waals surface area (Å²) in [5.74, 6) is 0.449. The Bertz CT molecular complexity index is 624. The first-order chi connectivity index (χ1) is 9.94. The van der Waals surface area contributed by atoms with Gasteiger partial charge in [-0.2, -0.15) is 0 Å². The van der Waals surface area contributed by atoms with Crippen molar-refractivity contribution in [3.8, 4) is 0 Å². The van der Waals surface area contributed by atoms with Gasteiger partial charge in [-0.25, -0.2) is 4.98 Å². The van der Waals surface area contributed by atoms with Crippen molar-refractivity contribution in [2.75, 3.05) is 11.9 Å². The zero-order valence-corrected chi connectivity index (χ0v) is 16.6. The van der Waals surface area contributed by atoms with Gasteiger partial charge in [-0.1, -0.05) is 6.07 Å². The summed E-state index contributed by atoms with van der Waals surface area (Å²) < 4.78 is 0. The highest BCUT2D eigenvalue weighted by atomic mass is 127. The molecule has 0 saturated heterocycles. The molecule has 0 aliphatic heterocycles. The van der Waals surface area contributed by atoms with Gasteiger partial charge in [0, 0.05) is 23.5 Å². The Hall–Kier alpha value is -1.15. The fourth-order valence-corrected chi connectivity index (χ4v) is 3.08. The Balaban J connectivity index is 0.00000242. The van der Waals surface area contributed by atoms with Crippen LogP contribution >= 0.6 is 35.3 Å². The first-order valence-electron chi connectivity index (χ1n) is 7.02. The van der Waals surface area contributed by atoms with Crippen LogP contribution in [0.1, 0.15) is 26.7 Å². The third-order valence-electron chi connectivity index (χ3n) is 3.17. The Morgan fingerprint density at radius 3 is 2.36 bits per heavy atom. The molecule has 0 spiro atoms. The second kappa shape index (κ2) is 8.47. The summed E-state index contributed by atoms with van der Waals surface area (Å²) in [4.78, 5) is 10.1. The normalized spacial score (nSPS) is 11.2. The predicted octanol–water partition coefficient (Wildman–Crippen LogP) is 3.96. The van der Waals surface area contributed by atoms with E-state index in [9.17, 15) is 0 Å². The van der Waals surface area contributed by atoms with Gasteiger partial charge in [0.1, 0.15) is 0 Å². The van der Waals surface area contributed by atoms with Gasteiger partial charge in [0.15, 0.2) is 5.96 Å². The highest BCUT2D eigenvalue weighted by molar-refractivity contribution is 14.0. The molecule has 1 heterocycles. The molecule has 0 radical (unpaired) electrons. The molecule has 6 heteroatoms. The molecule has 0 amide bonds. The lowest BCUT2D eigenvalue weighted by atomic mass is 10.1. The lowest BCUT2D eigenvalue weighted by molar-refractivity contribution is 0.941. The summed E-state index contributed by atoms with van der Waals surface area (Å²) in [5, 5.41) is 4.26. The molecule has 22 heavy (non-hydrogen) atoms. The number of hydrogen-bond acceptors (Lipinski definition) is 3. The molecule has 0 saturated carbocycles. The number of aryl methyl sites for hydroxylation is 4. The molecule has 4 nitrogen and oxygen atoms in total. The van der Waals surface area contributed by atoms with Gasteiger partial charge in [0.25, 0.3) is 0 Å². The first kappa shape index (κ1) is 18.9. The highest BCUT2D eigenvalue weighted by Gasteiger charge is 2.03. The van der Waals surface area contributed by atoms with E-state index in [2.05, 4.69) is 54.3 Å². The van der Waals surface area contributed by atoms with E-state index in [-0.39, 0.29) is 24.0 Å². The first-order valence-corrected chi connectivity index (χ1v) is 7.84. The van der Waals surface area contributed by atoms with E-state index in [1.807, 2.05) is 6.92 Å². The van der Waals surface area contributed by atoms with Crippen LogP contribution in [0.25, 0.3) is 0 Å². The van der Waals surface area contributed by atoms with Crippen molar-refractivity contribution in [2.45, 2.75) is 34.1 Å². The third-order valence-corrected chi connectivity index (χ3v) is 4.31. The number of guanidine groups is 1. The monoisotopic (exact) mass is 430 g/mol. The number of rotatable bonds is 4. The Morgan fingerprint density at radius 2 is 1.82 bits per heavy atom. The number of hydrogen-bond donors (Lipinski definition) is 2. The second-order valence-electron chi connectivity index (χ2n) is 5.27. The SMILES string of the molecule is Cc1cc(C)cc(NC(N)=NCCc2nc(C)c(C)s2)c1.I. The molecule has 1 aromatic carbocycles. The van der Waals surface area contributed by atoms with Crippen molar-refractivity contribution >= 4 is 47.0 Å². The van der Waals surface area contributed by atoms with Crippen LogP contribution in [-0.4, -0.2) is 17.5 Å². The summed E-state index contributed by atoms with van der Waals surface area (Å²) in [6, 6.07) is 6.25. The average Bonchev–Trinajstić information content (AvgIpc) is 2.67. The Kier molecular flexibility index (Phi) is 7.28. The standard InChI is InChI=1S/C16H22N4S.HI/c1-10-7-11(2)9-14(8-10)20-16(17)18-6-5-15-19-12(3)13(4)21-15;/h7-9H,5-6H2,1-4H3,(H3,17,18,20);1H. The van der Waals surface area contributed by atoms with Crippen molar-refractivity contribution in [3.63, 3.8) is 0 Å². The molecule has 0 bridgehead atoms. The Labute approximate surface area is 153 Å². The molecule has 2 rings (SSSR count). The van der Waals surface area contributed by atoms with Gasteiger partial charge < -0.3 is 11.1 Å². The quantitative estimate of drug-likeness (QED) is 0.439. The van der Waals surface area contributed by atoms with Crippen LogP contribution in [0.2, 0.25) is 0 Å². The van der Waals surface area contributed by atoms with Crippen LogP contribution in [0.3, 0.4) is 0 Å². The molecular weight excluding hydrogens is 407 g/mol. The fraction of sp³-hybridized carbons (Fsp3) is 0.375. The topological polar surface area (TPSA) is 63.3 Å². The zero-order chi connectivity index (χ0) is 15.4. The van der Waals surface area contributed by atoms with E-state index >= 15 is 0 Å². The number of benzene rings is 1. The van der Waals surface area contributed by atoms with Crippen LogP contribution in [0.5, 0.6) is 0 Å². The van der Waals surface area contributed by atoms with Crippen LogP contribution in [0, 0.1) is 27.7 Å².